The summed E-state index contributed by atoms with van der Waals surface area (Å²) >= 11 is 1.69. The molecule has 1 aliphatic rings. The van der Waals surface area contributed by atoms with Gasteiger partial charge in [-0.05, 0) is 38.1 Å². The van der Waals surface area contributed by atoms with Crippen molar-refractivity contribution in [2.24, 2.45) is 0 Å². The fourth-order valence-electron chi connectivity index (χ4n) is 2.83. The molecule has 6 heteroatoms. The van der Waals surface area contributed by atoms with E-state index in [1.54, 1.807) is 40.3 Å². The Balaban J connectivity index is 1.75. The molecule has 1 aliphatic heterocycles. The molecule has 1 heterocycles. The van der Waals surface area contributed by atoms with E-state index in [0.717, 1.165) is 10.6 Å². The van der Waals surface area contributed by atoms with Gasteiger partial charge in [0, 0.05) is 17.2 Å². The number of ether oxygens (including phenoxy) is 1. The maximum Gasteiger partial charge on any atom is 0.243 e. The molecule has 2 aromatic rings. The van der Waals surface area contributed by atoms with Crippen molar-refractivity contribution in [3.63, 3.8) is 0 Å². The van der Waals surface area contributed by atoms with Gasteiger partial charge in [0.15, 0.2) is 0 Å². The van der Waals surface area contributed by atoms with E-state index in [-0.39, 0.29) is 6.10 Å². The van der Waals surface area contributed by atoms with Crippen LogP contribution >= 0.6 is 11.8 Å². The topological polar surface area (TPSA) is 46.6 Å². The third-order valence-electron chi connectivity index (χ3n) is 4.23. The van der Waals surface area contributed by atoms with Crippen LogP contribution in [0.2, 0.25) is 0 Å². The molecule has 0 unspecified atom stereocenters. The Morgan fingerprint density at radius 2 is 1.68 bits per heavy atom. The highest BCUT2D eigenvalue weighted by molar-refractivity contribution is 7.99. The first-order valence-electron chi connectivity index (χ1n) is 8.27. The summed E-state index contributed by atoms with van der Waals surface area (Å²) in [7, 11) is -3.54. The van der Waals surface area contributed by atoms with Crippen molar-refractivity contribution < 1.29 is 13.2 Å². The van der Waals surface area contributed by atoms with Gasteiger partial charge in [0.2, 0.25) is 10.0 Å². The monoisotopic (exact) mass is 377 g/mol. The summed E-state index contributed by atoms with van der Waals surface area (Å²) in [5, 5.41) is 0. The highest BCUT2D eigenvalue weighted by Crippen LogP contribution is 2.31. The molecule has 0 aromatic heterocycles. The summed E-state index contributed by atoms with van der Waals surface area (Å²) in [6.45, 7) is 4.57. The van der Waals surface area contributed by atoms with Crippen LogP contribution in [0.15, 0.2) is 70.5 Å². The standard InChI is InChI=1S/C19H23NO3S2/c1-19(2)15-23-16(14-24-17-9-5-3-6-10-17)13-20(19)25(21,22)18-11-7-4-8-12-18/h3-12,16H,13-15H2,1-2H3/t16-/m0/s1. The van der Waals surface area contributed by atoms with E-state index < -0.39 is 15.6 Å². The molecule has 2 aromatic carbocycles. The van der Waals surface area contributed by atoms with Crippen molar-refractivity contribution in [3.05, 3.63) is 60.7 Å². The van der Waals surface area contributed by atoms with E-state index >= 15 is 0 Å². The van der Waals surface area contributed by atoms with Crippen LogP contribution in [0.1, 0.15) is 13.8 Å². The lowest BCUT2D eigenvalue weighted by Crippen LogP contribution is -2.58. The molecule has 0 spiro atoms. The van der Waals surface area contributed by atoms with Crippen molar-refractivity contribution in [2.75, 3.05) is 18.9 Å². The highest BCUT2D eigenvalue weighted by Gasteiger charge is 2.42. The van der Waals surface area contributed by atoms with Gasteiger partial charge < -0.3 is 4.74 Å². The third-order valence-corrected chi connectivity index (χ3v) is 7.46. The van der Waals surface area contributed by atoms with Gasteiger partial charge in [-0.2, -0.15) is 4.31 Å². The predicted molar refractivity (Wildman–Crippen MR) is 101 cm³/mol. The minimum atomic E-state index is -3.54. The van der Waals surface area contributed by atoms with Crippen LogP contribution < -0.4 is 0 Å². The van der Waals surface area contributed by atoms with Crippen molar-refractivity contribution in [1.29, 1.82) is 0 Å². The smallest absolute Gasteiger partial charge is 0.243 e. The van der Waals surface area contributed by atoms with Crippen LogP contribution in [-0.4, -0.2) is 43.3 Å². The highest BCUT2D eigenvalue weighted by atomic mass is 32.2. The van der Waals surface area contributed by atoms with E-state index in [4.69, 9.17) is 4.74 Å². The Morgan fingerprint density at radius 1 is 1.08 bits per heavy atom. The molecule has 3 rings (SSSR count). The van der Waals surface area contributed by atoms with Crippen molar-refractivity contribution >= 4 is 21.8 Å². The maximum absolute atomic E-state index is 13.1. The van der Waals surface area contributed by atoms with Crippen LogP contribution in [-0.2, 0) is 14.8 Å². The van der Waals surface area contributed by atoms with Crippen LogP contribution in [0, 0.1) is 0 Å². The molecule has 0 amide bonds. The van der Waals surface area contributed by atoms with E-state index in [2.05, 4.69) is 12.1 Å². The van der Waals surface area contributed by atoms with Gasteiger partial charge in [-0.1, -0.05) is 36.4 Å². The average Bonchev–Trinajstić information content (AvgIpc) is 2.62. The first-order chi connectivity index (χ1) is 11.9. The lowest BCUT2D eigenvalue weighted by molar-refractivity contribution is -0.0529. The van der Waals surface area contributed by atoms with Crippen molar-refractivity contribution in [1.82, 2.24) is 4.31 Å². The normalized spacial score (nSPS) is 21.1. The fraction of sp³-hybridized carbons (Fsp3) is 0.368. The molecule has 0 radical (unpaired) electrons. The Labute approximate surface area is 154 Å². The summed E-state index contributed by atoms with van der Waals surface area (Å²) in [6, 6.07) is 18.7. The molecule has 134 valence electrons. The van der Waals surface area contributed by atoms with Gasteiger partial charge in [-0.25, -0.2) is 8.42 Å². The Morgan fingerprint density at radius 3 is 2.32 bits per heavy atom. The number of benzene rings is 2. The Hall–Kier alpha value is -1.34. The lowest BCUT2D eigenvalue weighted by atomic mass is 10.1. The number of hydrogen-bond acceptors (Lipinski definition) is 4. The Bertz CT molecular complexity index is 792. The zero-order valence-electron chi connectivity index (χ0n) is 14.5. The summed E-state index contributed by atoms with van der Waals surface area (Å²) in [5.41, 5.74) is -0.567. The molecule has 4 nitrogen and oxygen atoms in total. The van der Waals surface area contributed by atoms with Gasteiger partial charge in [0.05, 0.1) is 23.1 Å². The quantitative estimate of drug-likeness (QED) is 0.746. The van der Waals surface area contributed by atoms with E-state index in [9.17, 15) is 8.42 Å². The van der Waals surface area contributed by atoms with Gasteiger partial charge in [0.25, 0.3) is 0 Å². The molecule has 0 aliphatic carbocycles. The first kappa shape index (κ1) is 18.5. The number of hydrogen-bond donors (Lipinski definition) is 0. The number of morpholine rings is 1. The fourth-order valence-corrected chi connectivity index (χ4v) is 5.58. The van der Waals surface area contributed by atoms with Crippen LogP contribution in [0.4, 0.5) is 0 Å². The molecule has 0 saturated carbocycles. The van der Waals surface area contributed by atoms with Crippen molar-refractivity contribution in [3.8, 4) is 0 Å². The van der Waals surface area contributed by atoms with Crippen LogP contribution in [0.3, 0.4) is 0 Å². The molecular formula is C19H23NO3S2. The van der Waals surface area contributed by atoms with E-state index in [1.807, 2.05) is 38.1 Å². The molecule has 0 N–H and O–H groups in total. The predicted octanol–water partition coefficient (Wildman–Crippen LogP) is 3.65. The number of thioether (sulfide) groups is 1. The summed E-state index contributed by atoms with van der Waals surface area (Å²) in [5.74, 6) is 0.723. The van der Waals surface area contributed by atoms with Crippen LogP contribution in [0.5, 0.6) is 0 Å². The molecule has 0 bridgehead atoms. The van der Waals surface area contributed by atoms with Crippen LogP contribution in [0.25, 0.3) is 0 Å². The van der Waals surface area contributed by atoms with Gasteiger partial charge >= 0.3 is 0 Å². The average molecular weight is 378 g/mol. The number of sulfonamides is 1. The summed E-state index contributed by atoms with van der Waals surface area (Å²) in [4.78, 5) is 1.49. The minimum Gasteiger partial charge on any atom is -0.374 e. The first-order valence-corrected chi connectivity index (χ1v) is 10.7. The minimum absolute atomic E-state index is 0.128. The second-order valence-corrected chi connectivity index (χ2v) is 9.67. The molecule has 1 fully saturated rings. The lowest BCUT2D eigenvalue weighted by Gasteiger charge is -2.44. The third kappa shape index (κ3) is 4.26. The maximum atomic E-state index is 13.1. The van der Waals surface area contributed by atoms with Gasteiger partial charge in [-0.3, -0.25) is 0 Å². The summed E-state index contributed by atoms with van der Waals surface area (Å²) < 4.78 is 33.7. The molecule has 25 heavy (non-hydrogen) atoms. The molecule has 1 saturated heterocycles. The second kappa shape index (κ2) is 7.50. The number of rotatable bonds is 5. The Kier molecular flexibility index (Phi) is 5.53. The zero-order chi connectivity index (χ0) is 17.9. The molecular weight excluding hydrogens is 354 g/mol. The van der Waals surface area contributed by atoms with Gasteiger partial charge in [0.1, 0.15) is 0 Å². The SMILES string of the molecule is CC1(C)CO[C@H](CSc2ccccc2)CN1S(=O)(=O)c1ccccc1. The number of nitrogens with zero attached hydrogens (tertiary/aromatic N) is 1. The van der Waals surface area contributed by atoms with Gasteiger partial charge in [-0.15, -0.1) is 11.8 Å². The second-order valence-electron chi connectivity index (χ2n) is 6.72. The van der Waals surface area contributed by atoms with E-state index in [1.165, 1.54) is 0 Å². The molecule has 1 atom stereocenters. The summed E-state index contributed by atoms with van der Waals surface area (Å²) in [6.07, 6.45) is -0.128. The van der Waals surface area contributed by atoms with E-state index in [0.29, 0.717) is 18.0 Å². The zero-order valence-corrected chi connectivity index (χ0v) is 16.1. The largest absolute Gasteiger partial charge is 0.374 e. The van der Waals surface area contributed by atoms with Crippen molar-refractivity contribution in [2.45, 2.75) is 35.3 Å².